The van der Waals surface area contributed by atoms with Crippen LogP contribution in [-0.4, -0.2) is 23.7 Å². The van der Waals surface area contributed by atoms with Crippen molar-refractivity contribution in [2.45, 2.75) is 19.4 Å². The Balaban J connectivity index is 2.96. The quantitative estimate of drug-likeness (QED) is 0.854. The van der Waals surface area contributed by atoms with Gasteiger partial charge >= 0.3 is 0 Å². The molecule has 88 valence electrons. The minimum atomic E-state index is -1.45. The number of benzene rings is 1. The maximum Gasteiger partial charge on any atom is 0.255 e. The first-order valence-corrected chi connectivity index (χ1v) is 5.10. The lowest BCUT2D eigenvalue weighted by atomic mass is 10.1. The molecule has 2 N–H and O–H groups in total. The zero-order chi connectivity index (χ0) is 12.3. The topological polar surface area (TPSA) is 58.6 Å². The van der Waals surface area contributed by atoms with E-state index in [9.17, 15) is 9.90 Å². The maximum absolute atomic E-state index is 11.6. The highest BCUT2D eigenvalue weighted by atomic mass is 35.5. The lowest BCUT2D eigenvalue weighted by molar-refractivity contribution is -0.130. The molecule has 1 amide bonds. The fraction of sp³-hybridized carbons (Fsp3) is 0.364. The van der Waals surface area contributed by atoms with E-state index in [1.807, 2.05) is 0 Å². The molecule has 0 spiro atoms. The van der Waals surface area contributed by atoms with E-state index in [0.717, 1.165) is 0 Å². The number of anilines is 1. The maximum atomic E-state index is 11.6. The molecule has 5 heteroatoms. The smallest absolute Gasteiger partial charge is 0.255 e. The van der Waals surface area contributed by atoms with Gasteiger partial charge in [-0.25, -0.2) is 0 Å². The molecule has 0 aliphatic rings. The molecule has 0 unspecified atom stereocenters. The van der Waals surface area contributed by atoms with Crippen LogP contribution in [0.2, 0.25) is 5.02 Å². The van der Waals surface area contributed by atoms with Crippen LogP contribution in [0.25, 0.3) is 0 Å². The van der Waals surface area contributed by atoms with Crippen molar-refractivity contribution in [3.63, 3.8) is 0 Å². The Morgan fingerprint density at radius 1 is 1.50 bits per heavy atom. The summed E-state index contributed by atoms with van der Waals surface area (Å²) in [6, 6.07) is 4.85. The van der Waals surface area contributed by atoms with Crippen LogP contribution in [-0.2, 0) is 4.79 Å². The predicted molar refractivity (Wildman–Crippen MR) is 62.9 cm³/mol. The second-order valence-corrected chi connectivity index (χ2v) is 4.29. The van der Waals surface area contributed by atoms with Gasteiger partial charge in [-0.15, -0.1) is 0 Å². The van der Waals surface area contributed by atoms with Gasteiger partial charge in [0, 0.05) is 5.02 Å². The van der Waals surface area contributed by atoms with Crippen LogP contribution >= 0.6 is 11.6 Å². The van der Waals surface area contributed by atoms with Crippen LogP contribution in [0, 0.1) is 0 Å². The van der Waals surface area contributed by atoms with Crippen molar-refractivity contribution in [2.75, 3.05) is 12.4 Å². The second-order valence-electron chi connectivity index (χ2n) is 3.86. The third-order valence-electron chi connectivity index (χ3n) is 1.97. The van der Waals surface area contributed by atoms with Gasteiger partial charge in [0.15, 0.2) is 0 Å². The third-order valence-corrected chi connectivity index (χ3v) is 2.20. The number of ether oxygens (including phenoxy) is 1. The number of rotatable bonds is 3. The normalized spacial score (nSPS) is 11.1. The number of amides is 1. The van der Waals surface area contributed by atoms with Crippen molar-refractivity contribution in [3.8, 4) is 5.75 Å². The van der Waals surface area contributed by atoms with E-state index in [4.69, 9.17) is 16.3 Å². The van der Waals surface area contributed by atoms with Gasteiger partial charge in [0.25, 0.3) is 5.91 Å². The van der Waals surface area contributed by atoms with Crippen molar-refractivity contribution >= 4 is 23.2 Å². The zero-order valence-corrected chi connectivity index (χ0v) is 10.1. The largest absolute Gasteiger partial charge is 0.495 e. The van der Waals surface area contributed by atoms with Crippen LogP contribution in [0.1, 0.15) is 13.8 Å². The predicted octanol–water partition coefficient (Wildman–Crippen LogP) is 2.06. The number of carbonyl (C=O) groups is 1. The molecule has 0 aromatic heterocycles. The second kappa shape index (κ2) is 4.72. The molecule has 4 nitrogen and oxygen atoms in total. The fourth-order valence-electron chi connectivity index (χ4n) is 1.05. The Morgan fingerprint density at radius 2 is 2.12 bits per heavy atom. The van der Waals surface area contributed by atoms with Gasteiger partial charge in [0.1, 0.15) is 11.4 Å². The summed E-state index contributed by atoms with van der Waals surface area (Å²) in [5.74, 6) is -0.0323. The van der Waals surface area contributed by atoms with Gasteiger partial charge in [-0.3, -0.25) is 4.79 Å². The molecule has 0 heterocycles. The van der Waals surface area contributed by atoms with Crippen molar-refractivity contribution in [1.29, 1.82) is 0 Å². The molecule has 0 saturated carbocycles. The number of aliphatic hydroxyl groups is 1. The van der Waals surface area contributed by atoms with Gasteiger partial charge in [0.05, 0.1) is 12.8 Å². The summed E-state index contributed by atoms with van der Waals surface area (Å²) in [6.45, 7) is 2.80. The highest BCUT2D eigenvalue weighted by molar-refractivity contribution is 6.31. The molecule has 1 rings (SSSR count). The van der Waals surface area contributed by atoms with Gasteiger partial charge in [-0.05, 0) is 32.0 Å². The van der Waals surface area contributed by atoms with E-state index in [0.29, 0.717) is 16.5 Å². The van der Waals surface area contributed by atoms with Crippen LogP contribution in [0.3, 0.4) is 0 Å². The summed E-state index contributed by atoms with van der Waals surface area (Å²) in [4.78, 5) is 11.6. The molecule has 0 atom stereocenters. The van der Waals surface area contributed by atoms with Crippen LogP contribution < -0.4 is 10.1 Å². The minimum Gasteiger partial charge on any atom is -0.495 e. The van der Waals surface area contributed by atoms with Crippen molar-refractivity contribution in [1.82, 2.24) is 0 Å². The lowest BCUT2D eigenvalue weighted by Gasteiger charge is -2.18. The van der Waals surface area contributed by atoms with E-state index < -0.39 is 11.5 Å². The van der Waals surface area contributed by atoms with Gasteiger partial charge in [0.2, 0.25) is 0 Å². The standard InChI is InChI=1S/C11H14ClNO3/c1-11(2,15)10(14)13-8-6-7(12)4-5-9(8)16-3/h4-6,15H,1-3H3,(H,13,14). The lowest BCUT2D eigenvalue weighted by Crippen LogP contribution is -2.36. The van der Waals surface area contributed by atoms with Gasteiger partial charge < -0.3 is 15.2 Å². The Bertz CT molecular complexity index is 399. The van der Waals surface area contributed by atoms with E-state index >= 15 is 0 Å². The number of halogens is 1. The van der Waals surface area contributed by atoms with Crippen molar-refractivity contribution in [3.05, 3.63) is 23.2 Å². The van der Waals surface area contributed by atoms with E-state index in [1.54, 1.807) is 18.2 Å². The number of carbonyl (C=O) groups excluding carboxylic acids is 1. The number of hydrogen-bond donors (Lipinski definition) is 2. The van der Waals surface area contributed by atoms with Gasteiger partial charge in [-0.1, -0.05) is 11.6 Å². The van der Waals surface area contributed by atoms with E-state index in [2.05, 4.69) is 5.32 Å². The molecule has 0 radical (unpaired) electrons. The Hall–Kier alpha value is -1.26. The Morgan fingerprint density at radius 3 is 2.62 bits per heavy atom. The summed E-state index contributed by atoms with van der Waals surface area (Å²) in [7, 11) is 1.49. The number of nitrogens with one attached hydrogen (secondary N) is 1. The molecule has 0 saturated heterocycles. The summed E-state index contributed by atoms with van der Waals surface area (Å²) in [5.41, 5.74) is -1.02. The minimum absolute atomic E-state index is 0.433. The SMILES string of the molecule is COc1ccc(Cl)cc1NC(=O)C(C)(C)O. The summed E-state index contributed by atoms with van der Waals surface area (Å²) >= 11 is 5.80. The van der Waals surface area contributed by atoms with E-state index in [1.165, 1.54) is 21.0 Å². The fourth-order valence-corrected chi connectivity index (χ4v) is 1.23. The highest BCUT2D eigenvalue weighted by Gasteiger charge is 2.24. The summed E-state index contributed by atoms with van der Waals surface area (Å²) in [6.07, 6.45) is 0. The average Bonchev–Trinajstić information content (AvgIpc) is 2.16. The Labute approximate surface area is 99.2 Å². The molecular formula is C11H14ClNO3. The first-order chi connectivity index (χ1) is 7.34. The van der Waals surface area contributed by atoms with E-state index in [-0.39, 0.29) is 0 Å². The summed E-state index contributed by atoms with van der Waals surface area (Å²) in [5, 5.41) is 12.5. The third kappa shape index (κ3) is 3.12. The van der Waals surface area contributed by atoms with Crippen LogP contribution in [0.4, 0.5) is 5.69 Å². The first kappa shape index (κ1) is 12.8. The van der Waals surface area contributed by atoms with Crippen molar-refractivity contribution in [2.24, 2.45) is 0 Å². The molecule has 0 fully saturated rings. The number of hydrogen-bond acceptors (Lipinski definition) is 3. The van der Waals surface area contributed by atoms with Crippen molar-refractivity contribution < 1.29 is 14.6 Å². The van der Waals surface area contributed by atoms with Crippen LogP contribution in [0.15, 0.2) is 18.2 Å². The molecule has 1 aromatic rings. The molecule has 0 bridgehead atoms. The monoisotopic (exact) mass is 243 g/mol. The molecule has 0 aliphatic carbocycles. The molecule has 0 aliphatic heterocycles. The molecule has 1 aromatic carbocycles. The molecular weight excluding hydrogens is 230 g/mol. The van der Waals surface area contributed by atoms with Gasteiger partial charge in [-0.2, -0.15) is 0 Å². The Kier molecular flexibility index (Phi) is 3.78. The number of methoxy groups -OCH3 is 1. The zero-order valence-electron chi connectivity index (χ0n) is 9.37. The molecule has 16 heavy (non-hydrogen) atoms. The average molecular weight is 244 g/mol. The van der Waals surface area contributed by atoms with Crippen LogP contribution in [0.5, 0.6) is 5.75 Å². The summed E-state index contributed by atoms with van der Waals surface area (Å²) < 4.78 is 5.06. The highest BCUT2D eigenvalue weighted by Crippen LogP contribution is 2.28. The first-order valence-electron chi connectivity index (χ1n) is 4.72.